The first-order valence-corrected chi connectivity index (χ1v) is 6.56. The Bertz CT molecular complexity index is 386. The molecule has 2 unspecified atom stereocenters. The van der Waals surface area contributed by atoms with Gasteiger partial charge in [-0.15, -0.1) is 0 Å². The summed E-state index contributed by atoms with van der Waals surface area (Å²) < 4.78 is 18.8. The van der Waals surface area contributed by atoms with Gasteiger partial charge in [0.2, 0.25) is 0 Å². The van der Waals surface area contributed by atoms with Crippen molar-refractivity contribution < 1.29 is 9.13 Å². The summed E-state index contributed by atoms with van der Waals surface area (Å²) in [4.78, 5) is 2.38. The second-order valence-electron chi connectivity index (χ2n) is 4.85. The van der Waals surface area contributed by atoms with Gasteiger partial charge in [0.15, 0.2) is 11.6 Å². The van der Waals surface area contributed by atoms with E-state index in [0.29, 0.717) is 18.3 Å². The Morgan fingerprint density at radius 3 is 2.94 bits per heavy atom. The van der Waals surface area contributed by atoms with Crippen LogP contribution >= 0.6 is 0 Å². The Labute approximate surface area is 108 Å². The molecule has 1 aromatic rings. The molecule has 100 valence electrons. The van der Waals surface area contributed by atoms with Crippen molar-refractivity contribution in [3.8, 4) is 5.75 Å². The fourth-order valence-corrected chi connectivity index (χ4v) is 2.38. The molecule has 0 spiro atoms. The van der Waals surface area contributed by atoms with Crippen LogP contribution in [0.1, 0.15) is 13.3 Å². The van der Waals surface area contributed by atoms with Crippen LogP contribution in [0.15, 0.2) is 24.3 Å². The Hall–Kier alpha value is -1.13. The zero-order valence-electron chi connectivity index (χ0n) is 10.8. The molecule has 1 heterocycles. The maximum Gasteiger partial charge on any atom is 0.165 e. The van der Waals surface area contributed by atoms with E-state index < -0.39 is 0 Å². The number of likely N-dealkylation sites (tertiary alicyclic amines) is 1. The molecule has 2 N–H and O–H groups in total. The second-order valence-corrected chi connectivity index (χ2v) is 4.85. The van der Waals surface area contributed by atoms with Gasteiger partial charge in [0.25, 0.3) is 0 Å². The molecule has 0 aromatic heterocycles. The summed E-state index contributed by atoms with van der Waals surface area (Å²) >= 11 is 0. The number of hydrogen-bond acceptors (Lipinski definition) is 3. The number of halogens is 1. The van der Waals surface area contributed by atoms with Gasteiger partial charge in [-0.25, -0.2) is 4.39 Å². The van der Waals surface area contributed by atoms with Gasteiger partial charge in [0, 0.05) is 12.6 Å². The molecule has 2 rings (SSSR count). The topological polar surface area (TPSA) is 38.5 Å². The monoisotopic (exact) mass is 252 g/mol. The molecule has 1 aliphatic heterocycles. The Balaban J connectivity index is 1.82. The summed E-state index contributed by atoms with van der Waals surface area (Å²) in [5.74, 6) is 0.418. The van der Waals surface area contributed by atoms with Crippen molar-refractivity contribution in [2.24, 2.45) is 11.7 Å². The van der Waals surface area contributed by atoms with Crippen molar-refractivity contribution in [3.63, 3.8) is 0 Å². The fraction of sp³-hybridized carbons (Fsp3) is 0.571. The van der Waals surface area contributed by atoms with Gasteiger partial charge < -0.3 is 15.4 Å². The molecule has 0 saturated carbocycles. The van der Waals surface area contributed by atoms with E-state index in [1.807, 2.05) is 0 Å². The average Bonchev–Trinajstić information content (AvgIpc) is 2.86. The first kappa shape index (κ1) is 13.3. The molecule has 0 amide bonds. The quantitative estimate of drug-likeness (QED) is 0.869. The van der Waals surface area contributed by atoms with Crippen LogP contribution in [-0.4, -0.2) is 37.2 Å². The Morgan fingerprint density at radius 2 is 2.28 bits per heavy atom. The molecule has 18 heavy (non-hydrogen) atoms. The summed E-state index contributed by atoms with van der Waals surface area (Å²) in [7, 11) is 0. The SMILES string of the molecule is CCN1CCC(C(N)COc2ccccc2F)C1. The molecule has 1 aromatic carbocycles. The van der Waals surface area contributed by atoms with E-state index in [-0.39, 0.29) is 11.9 Å². The lowest BCUT2D eigenvalue weighted by molar-refractivity contribution is 0.234. The number of para-hydroxylation sites is 1. The fourth-order valence-electron chi connectivity index (χ4n) is 2.38. The molecule has 0 radical (unpaired) electrons. The highest BCUT2D eigenvalue weighted by Gasteiger charge is 2.26. The largest absolute Gasteiger partial charge is 0.489 e. The van der Waals surface area contributed by atoms with Gasteiger partial charge in [-0.05, 0) is 37.6 Å². The minimum absolute atomic E-state index is 0.0267. The van der Waals surface area contributed by atoms with Crippen LogP contribution in [0.25, 0.3) is 0 Å². The maximum absolute atomic E-state index is 13.4. The van der Waals surface area contributed by atoms with Gasteiger partial charge in [0.05, 0.1) is 0 Å². The standard InChI is InChI=1S/C14H21FN2O/c1-2-17-8-7-11(9-17)13(16)10-18-14-6-4-3-5-12(14)15/h3-6,11,13H,2,7-10,16H2,1H3. The number of ether oxygens (including phenoxy) is 1. The van der Waals surface area contributed by atoms with Crippen molar-refractivity contribution in [2.45, 2.75) is 19.4 Å². The van der Waals surface area contributed by atoms with E-state index in [1.54, 1.807) is 18.2 Å². The first-order valence-electron chi connectivity index (χ1n) is 6.56. The van der Waals surface area contributed by atoms with E-state index >= 15 is 0 Å². The molecular formula is C14H21FN2O. The van der Waals surface area contributed by atoms with E-state index in [9.17, 15) is 4.39 Å². The van der Waals surface area contributed by atoms with Crippen LogP contribution in [0.4, 0.5) is 4.39 Å². The number of rotatable bonds is 5. The lowest BCUT2D eigenvalue weighted by Crippen LogP contribution is -2.37. The summed E-state index contributed by atoms with van der Waals surface area (Å²) in [6, 6.07) is 6.42. The van der Waals surface area contributed by atoms with E-state index in [0.717, 1.165) is 26.1 Å². The van der Waals surface area contributed by atoms with Crippen molar-refractivity contribution in [3.05, 3.63) is 30.1 Å². The molecule has 3 nitrogen and oxygen atoms in total. The Kier molecular flexibility index (Phi) is 4.55. The number of hydrogen-bond donors (Lipinski definition) is 1. The van der Waals surface area contributed by atoms with Crippen molar-refractivity contribution in [2.75, 3.05) is 26.2 Å². The van der Waals surface area contributed by atoms with Crippen LogP contribution in [0.2, 0.25) is 0 Å². The van der Waals surface area contributed by atoms with E-state index in [2.05, 4.69) is 11.8 Å². The van der Waals surface area contributed by atoms with E-state index in [4.69, 9.17) is 10.5 Å². The first-order chi connectivity index (χ1) is 8.70. The summed E-state index contributed by atoms with van der Waals surface area (Å²) in [5, 5.41) is 0. The predicted octanol–water partition coefficient (Wildman–Crippen LogP) is 1.87. The van der Waals surface area contributed by atoms with Gasteiger partial charge in [-0.3, -0.25) is 0 Å². The van der Waals surface area contributed by atoms with Crippen LogP contribution in [-0.2, 0) is 0 Å². The third-order valence-electron chi connectivity index (χ3n) is 3.63. The average molecular weight is 252 g/mol. The van der Waals surface area contributed by atoms with Crippen molar-refractivity contribution in [1.29, 1.82) is 0 Å². The van der Waals surface area contributed by atoms with Gasteiger partial charge in [-0.2, -0.15) is 0 Å². The molecular weight excluding hydrogens is 231 g/mol. The molecule has 0 aliphatic carbocycles. The van der Waals surface area contributed by atoms with Gasteiger partial charge >= 0.3 is 0 Å². The number of benzene rings is 1. The molecule has 2 atom stereocenters. The molecule has 0 bridgehead atoms. The summed E-state index contributed by atoms with van der Waals surface area (Å²) in [6.45, 7) is 5.73. The number of nitrogens with zero attached hydrogens (tertiary/aromatic N) is 1. The minimum atomic E-state index is -0.327. The zero-order valence-corrected chi connectivity index (χ0v) is 10.8. The molecule has 1 saturated heterocycles. The normalized spacial score (nSPS) is 22.1. The highest BCUT2D eigenvalue weighted by atomic mass is 19.1. The highest BCUT2D eigenvalue weighted by molar-refractivity contribution is 5.23. The number of nitrogens with two attached hydrogens (primary N) is 1. The third kappa shape index (κ3) is 3.21. The van der Waals surface area contributed by atoms with Gasteiger partial charge in [-0.1, -0.05) is 19.1 Å². The smallest absolute Gasteiger partial charge is 0.165 e. The third-order valence-corrected chi connectivity index (χ3v) is 3.63. The van der Waals surface area contributed by atoms with Crippen LogP contribution < -0.4 is 10.5 Å². The maximum atomic E-state index is 13.4. The predicted molar refractivity (Wildman–Crippen MR) is 70.1 cm³/mol. The van der Waals surface area contributed by atoms with Crippen LogP contribution in [0.3, 0.4) is 0 Å². The summed E-state index contributed by atoms with van der Waals surface area (Å²) in [5.41, 5.74) is 6.12. The highest BCUT2D eigenvalue weighted by Crippen LogP contribution is 2.20. The second kappa shape index (κ2) is 6.16. The zero-order chi connectivity index (χ0) is 13.0. The van der Waals surface area contributed by atoms with Gasteiger partial charge in [0.1, 0.15) is 6.61 Å². The summed E-state index contributed by atoms with van der Waals surface area (Å²) in [6.07, 6.45) is 1.11. The van der Waals surface area contributed by atoms with E-state index in [1.165, 1.54) is 6.07 Å². The van der Waals surface area contributed by atoms with Crippen LogP contribution in [0.5, 0.6) is 5.75 Å². The molecule has 4 heteroatoms. The Morgan fingerprint density at radius 1 is 1.50 bits per heavy atom. The minimum Gasteiger partial charge on any atom is -0.489 e. The lowest BCUT2D eigenvalue weighted by atomic mass is 10.0. The van der Waals surface area contributed by atoms with Crippen molar-refractivity contribution in [1.82, 2.24) is 4.90 Å². The van der Waals surface area contributed by atoms with Crippen LogP contribution in [0, 0.1) is 11.7 Å². The lowest BCUT2D eigenvalue weighted by Gasteiger charge is -2.20. The van der Waals surface area contributed by atoms with Crippen molar-refractivity contribution >= 4 is 0 Å². The molecule has 1 aliphatic rings. The molecule has 1 fully saturated rings.